The average Bonchev–Trinajstić information content (AvgIpc) is 2.37. The standard InChI is InChI=1S/C14H21N3O3/c1-14(2,3)17-13(19)11-7-10(8-15-9-11)12(18)16-5-6-20-4/h7-9H,5-6H2,1-4H3,(H,16,18)(H,17,19). The van der Waals surface area contributed by atoms with Crippen molar-refractivity contribution in [3.63, 3.8) is 0 Å². The van der Waals surface area contributed by atoms with E-state index in [9.17, 15) is 9.59 Å². The molecule has 0 aliphatic rings. The Morgan fingerprint density at radius 2 is 1.80 bits per heavy atom. The molecule has 6 nitrogen and oxygen atoms in total. The number of nitrogens with one attached hydrogen (secondary N) is 2. The molecule has 0 atom stereocenters. The highest BCUT2D eigenvalue weighted by Crippen LogP contribution is 2.06. The van der Waals surface area contributed by atoms with E-state index < -0.39 is 0 Å². The number of carbonyl (C=O) groups excluding carboxylic acids is 2. The van der Waals surface area contributed by atoms with Gasteiger partial charge in [-0.2, -0.15) is 0 Å². The van der Waals surface area contributed by atoms with Crippen LogP contribution >= 0.6 is 0 Å². The van der Waals surface area contributed by atoms with Crippen LogP contribution in [0.25, 0.3) is 0 Å². The van der Waals surface area contributed by atoms with Gasteiger partial charge in [-0.3, -0.25) is 14.6 Å². The van der Waals surface area contributed by atoms with Gasteiger partial charge < -0.3 is 15.4 Å². The molecule has 1 rings (SSSR count). The summed E-state index contributed by atoms with van der Waals surface area (Å²) in [5.41, 5.74) is 0.371. The number of rotatable bonds is 5. The van der Waals surface area contributed by atoms with Crippen molar-refractivity contribution in [1.29, 1.82) is 0 Å². The summed E-state index contributed by atoms with van der Waals surface area (Å²) < 4.78 is 4.85. The smallest absolute Gasteiger partial charge is 0.253 e. The monoisotopic (exact) mass is 279 g/mol. The first kappa shape index (κ1) is 16.1. The lowest BCUT2D eigenvalue weighted by Gasteiger charge is -2.20. The van der Waals surface area contributed by atoms with Gasteiger partial charge in [0.05, 0.1) is 17.7 Å². The quantitative estimate of drug-likeness (QED) is 0.788. The van der Waals surface area contributed by atoms with E-state index in [2.05, 4.69) is 15.6 Å². The van der Waals surface area contributed by atoms with Crippen molar-refractivity contribution in [1.82, 2.24) is 15.6 Å². The van der Waals surface area contributed by atoms with E-state index in [4.69, 9.17) is 4.74 Å². The average molecular weight is 279 g/mol. The van der Waals surface area contributed by atoms with E-state index in [0.29, 0.717) is 24.3 Å². The SMILES string of the molecule is COCCNC(=O)c1cncc(C(=O)NC(C)(C)C)c1. The number of ether oxygens (including phenoxy) is 1. The molecule has 6 heteroatoms. The maximum Gasteiger partial charge on any atom is 0.253 e. The minimum Gasteiger partial charge on any atom is -0.383 e. The summed E-state index contributed by atoms with van der Waals surface area (Å²) >= 11 is 0. The van der Waals surface area contributed by atoms with Gasteiger partial charge in [0, 0.05) is 31.6 Å². The molecule has 0 aliphatic carbocycles. The van der Waals surface area contributed by atoms with E-state index in [-0.39, 0.29) is 17.4 Å². The van der Waals surface area contributed by atoms with Crippen molar-refractivity contribution in [3.05, 3.63) is 29.6 Å². The molecular formula is C14H21N3O3. The summed E-state index contributed by atoms with van der Waals surface area (Å²) in [4.78, 5) is 27.8. The zero-order valence-corrected chi connectivity index (χ0v) is 12.3. The fourth-order valence-electron chi connectivity index (χ4n) is 1.47. The zero-order chi connectivity index (χ0) is 15.2. The summed E-state index contributed by atoms with van der Waals surface area (Å²) in [6.07, 6.45) is 2.86. The second kappa shape index (κ2) is 7.00. The van der Waals surface area contributed by atoms with E-state index in [0.717, 1.165) is 0 Å². The third kappa shape index (κ3) is 5.36. The fourth-order valence-corrected chi connectivity index (χ4v) is 1.47. The Morgan fingerprint density at radius 1 is 1.20 bits per heavy atom. The van der Waals surface area contributed by atoms with Crippen LogP contribution in [-0.2, 0) is 4.74 Å². The highest BCUT2D eigenvalue weighted by atomic mass is 16.5. The number of hydrogen-bond acceptors (Lipinski definition) is 4. The first-order valence-corrected chi connectivity index (χ1v) is 6.38. The Kier molecular flexibility index (Phi) is 5.64. The van der Waals surface area contributed by atoms with E-state index in [1.54, 1.807) is 7.11 Å². The maximum atomic E-state index is 12.0. The molecule has 2 amide bonds. The second-order valence-electron chi connectivity index (χ2n) is 5.42. The van der Waals surface area contributed by atoms with Gasteiger partial charge in [0.25, 0.3) is 11.8 Å². The van der Waals surface area contributed by atoms with Gasteiger partial charge in [-0.1, -0.05) is 0 Å². The lowest BCUT2D eigenvalue weighted by molar-refractivity contribution is 0.0919. The molecule has 2 N–H and O–H groups in total. The summed E-state index contributed by atoms with van der Waals surface area (Å²) in [5.74, 6) is -0.531. The molecule has 0 fully saturated rings. The van der Waals surface area contributed by atoms with Gasteiger partial charge in [-0.25, -0.2) is 0 Å². The highest BCUT2D eigenvalue weighted by molar-refractivity contribution is 5.99. The van der Waals surface area contributed by atoms with Crippen LogP contribution < -0.4 is 10.6 Å². The number of nitrogens with zero attached hydrogens (tertiary/aromatic N) is 1. The van der Waals surface area contributed by atoms with Crippen molar-refractivity contribution < 1.29 is 14.3 Å². The Hall–Kier alpha value is -1.95. The van der Waals surface area contributed by atoms with E-state index >= 15 is 0 Å². The normalized spacial score (nSPS) is 11.0. The van der Waals surface area contributed by atoms with E-state index in [1.165, 1.54) is 18.5 Å². The largest absolute Gasteiger partial charge is 0.383 e. The molecule has 0 saturated heterocycles. The van der Waals surface area contributed by atoms with Crippen molar-refractivity contribution in [3.8, 4) is 0 Å². The van der Waals surface area contributed by atoms with Crippen LogP contribution in [0.15, 0.2) is 18.5 Å². The van der Waals surface area contributed by atoms with Crippen LogP contribution in [0.3, 0.4) is 0 Å². The number of methoxy groups -OCH3 is 1. The summed E-state index contributed by atoms with van der Waals surface area (Å²) in [6, 6.07) is 1.52. The molecule has 0 bridgehead atoms. The van der Waals surface area contributed by atoms with Crippen molar-refractivity contribution in [2.24, 2.45) is 0 Å². The van der Waals surface area contributed by atoms with Crippen LogP contribution in [0.2, 0.25) is 0 Å². The molecule has 0 aliphatic heterocycles. The molecule has 20 heavy (non-hydrogen) atoms. The number of amides is 2. The van der Waals surface area contributed by atoms with Crippen LogP contribution in [0, 0.1) is 0 Å². The number of aromatic nitrogens is 1. The summed E-state index contributed by atoms with van der Waals surface area (Å²) in [7, 11) is 1.56. The molecule has 0 aromatic carbocycles. The Balaban J connectivity index is 2.75. The predicted octanol–water partition coefficient (Wildman–Crippen LogP) is 0.986. The lowest BCUT2D eigenvalue weighted by Crippen LogP contribution is -2.40. The molecule has 1 aromatic heterocycles. The minimum absolute atomic E-state index is 0.253. The number of pyridine rings is 1. The van der Waals surface area contributed by atoms with Crippen molar-refractivity contribution in [2.45, 2.75) is 26.3 Å². The van der Waals surface area contributed by atoms with Gasteiger partial charge in [0.2, 0.25) is 0 Å². The third-order valence-corrected chi connectivity index (χ3v) is 2.34. The maximum absolute atomic E-state index is 12.0. The molecule has 0 radical (unpaired) electrons. The Morgan fingerprint density at radius 3 is 2.35 bits per heavy atom. The van der Waals surface area contributed by atoms with E-state index in [1.807, 2.05) is 20.8 Å². The molecule has 1 aromatic rings. The summed E-state index contributed by atoms with van der Waals surface area (Å²) in [6.45, 7) is 6.51. The molecule has 0 spiro atoms. The van der Waals surface area contributed by atoms with Crippen molar-refractivity contribution in [2.75, 3.05) is 20.3 Å². The van der Waals surface area contributed by atoms with Gasteiger partial charge in [-0.15, -0.1) is 0 Å². The van der Waals surface area contributed by atoms with Crippen molar-refractivity contribution >= 4 is 11.8 Å². The molecule has 1 heterocycles. The fraction of sp³-hybridized carbons (Fsp3) is 0.500. The number of hydrogen-bond donors (Lipinski definition) is 2. The van der Waals surface area contributed by atoms with Gasteiger partial charge in [-0.05, 0) is 26.8 Å². The first-order valence-electron chi connectivity index (χ1n) is 6.38. The molecule has 0 saturated carbocycles. The molecule has 0 unspecified atom stereocenters. The molecule has 110 valence electrons. The first-order chi connectivity index (χ1) is 9.33. The van der Waals surface area contributed by atoms with Crippen LogP contribution in [0.5, 0.6) is 0 Å². The topological polar surface area (TPSA) is 80.3 Å². The zero-order valence-electron chi connectivity index (χ0n) is 12.3. The highest BCUT2D eigenvalue weighted by Gasteiger charge is 2.16. The van der Waals surface area contributed by atoms with Crippen LogP contribution in [0.1, 0.15) is 41.5 Å². The summed E-state index contributed by atoms with van der Waals surface area (Å²) in [5, 5.41) is 5.50. The van der Waals surface area contributed by atoms with Gasteiger partial charge >= 0.3 is 0 Å². The number of carbonyl (C=O) groups is 2. The van der Waals surface area contributed by atoms with Crippen LogP contribution in [-0.4, -0.2) is 42.6 Å². The predicted molar refractivity (Wildman–Crippen MR) is 75.7 cm³/mol. The Bertz CT molecular complexity index is 481. The van der Waals surface area contributed by atoms with Gasteiger partial charge in [0.15, 0.2) is 0 Å². The molecular weight excluding hydrogens is 258 g/mol. The minimum atomic E-state index is -0.339. The third-order valence-electron chi connectivity index (χ3n) is 2.34. The Labute approximate surface area is 118 Å². The second-order valence-corrected chi connectivity index (χ2v) is 5.42. The van der Waals surface area contributed by atoms with Crippen LogP contribution in [0.4, 0.5) is 0 Å². The van der Waals surface area contributed by atoms with Gasteiger partial charge in [0.1, 0.15) is 0 Å². The lowest BCUT2D eigenvalue weighted by atomic mass is 10.1.